The van der Waals surface area contributed by atoms with E-state index in [0.29, 0.717) is 24.1 Å². The minimum atomic E-state index is -4.34. The second kappa shape index (κ2) is 5.89. The van der Waals surface area contributed by atoms with E-state index >= 15 is 0 Å². The Bertz CT molecular complexity index is 549. The molecule has 0 bridgehead atoms. The van der Waals surface area contributed by atoms with Crippen molar-refractivity contribution in [3.63, 3.8) is 0 Å². The van der Waals surface area contributed by atoms with E-state index in [0.717, 1.165) is 12.1 Å². The van der Waals surface area contributed by atoms with E-state index in [9.17, 15) is 18.0 Å². The molecule has 6 heteroatoms. The van der Waals surface area contributed by atoms with Gasteiger partial charge in [-0.25, -0.2) is 4.79 Å². The third-order valence-corrected chi connectivity index (χ3v) is 3.59. The highest BCUT2D eigenvalue weighted by atomic mass is 19.4. The van der Waals surface area contributed by atoms with Crippen LogP contribution in [0.2, 0.25) is 0 Å². The lowest BCUT2D eigenvalue weighted by Crippen LogP contribution is -2.30. The van der Waals surface area contributed by atoms with Gasteiger partial charge in [0.1, 0.15) is 0 Å². The largest absolute Gasteiger partial charge is 0.466 e. The van der Waals surface area contributed by atoms with E-state index in [1.165, 1.54) is 19.2 Å². The Morgan fingerprint density at radius 3 is 2.43 bits per heavy atom. The molecule has 3 nitrogen and oxygen atoms in total. The zero-order chi connectivity index (χ0) is 15.6. The first-order valence-corrected chi connectivity index (χ1v) is 6.49. The van der Waals surface area contributed by atoms with Crippen LogP contribution in [0.4, 0.5) is 13.2 Å². The molecule has 0 N–H and O–H groups in total. The summed E-state index contributed by atoms with van der Waals surface area (Å²) in [6.45, 7) is 0.645. The minimum Gasteiger partial charge on any atom is -0.466 e. The molecule has 0 amide bonds. The van der Waals surface area contributed by atoms with Crippen molar-refractivity contribution >= 4 is 5.97 Å². The molecule has 1 unspecified atom stereocenters. The smallest absolute Gasteiger partial charge is 0.416 e. The van der Waals surface area contributed by atoms with Gasteiger partial charge in [0.25, 0.3) is 0 Å². The number of carbonyl (C=O) groups is 1. The minimum absolute atomic E-state index is 0.227. The average molecular weight is 299 g/mol. The number of hydrogen-bond donors (Lipinski definition) is 0. The number of likely N-dealkylation sites (N-methyl/N-ethyl adjacent to an activating group) is 1. The third kappa shape index (κ3) is 3.44. The van der Waals surface area contributed by atoms with Crippen LogP contribution in [0, 0.1) is 0 Å². The molecule has 1 aliphatic heterocycles. The van der Waals surface area contributed by atoms with Crippen molar-refractivity contribution in [3.05, 3.63) is 47.0 Å². The van der Waals surface area contributed by atoms with Crippen molar-refractivity contribution in [1.29, 1.82) is 0 Å². The number of halogens is 3. The zero-order valence-electron chi connectivity index (χ0n) is 11.8. The molecule has 2 rings (SSSR count). The lowest BCUT2D eigenvalue weighted by atomic mass is 9.96. The van der Waals surface area contributed by atoms with E-state index in [-0.39, 0.29) is 12.0 Å². The summed E-state index contributed by atoms with van der Waals surface area (Å²) in [5.74, 6) is -0.389. The van der Waals surface area contributed by atoms with E-state index in [1.54, 1.807) is 6.08 Å². The molecular weight excluding hydrogens is 283 g/mol. The van der Waals surface area contributed by atoms with Gasteiger partial charge in [0.15, 0.2) is 0 Å². The van der Waals surface area contributed by atoms with Crippen LogP contribution in [0.15, 0.2) is 35.9 Å². The molecule has 1 aliphatic rings. The van der Waals surface area contributed by atoms with Gasteiger partial charge < -0.3 is 4.74 Å². The van der Waals surface area contributed by atoms with E-state index in [1.807, 2.05) is 11.9 Å². The molecule has 1 heterocycles. The van der Waals surface area contributed by atoms with Crippen molar-refractivity contribution in [2.24, 2.45) is 0 Å². The summed E-state index contributed by atoms with van der Waals surface area (Å²) in [7, 11) is 3.18. The lowest BCUT2D eigenvalue weighted by Gasteiger charge is -2.31. The molecule has 1 aromatic carbocycles. The number of carbonyl (C=O) groups excluding carboxylic acids is 1. The Labute approximate surface area is 121 Å². The van der Waals surface area contributed by atoms with Gasteiger partial charge in [-0.15, -0.1) is 0 Å². The molecule has 0 aromatic heterocycles. The molecule has 0 saturated heterocycles. The molecule has 1 aromatic rings. The Morgan fingerprint density at radius 1 is 1.29 bits per heavy atom. The molecule has 0 spiro atoms. The van der Waals surface area contributed by atoms with Crippen LogP contribution in [0.3, 0.4) is 0 Å². The highest BCUT2D eigenvalue weighted by Crippen LogP contribution is 2.32. The third-order valence-electron chi connectivity index (χ3n) is 3.59. The first kappa shape index (κ1) is 15.6. The van der Waals surface area contributed by atoms with E-state index in [2.05, 4.69) is 0 Å². The maximum Gasteiger partial charge on any atom is 0.416 e. The van der Waals surface area contributed by atoms with E-state index in [4.69, 9.17) is 4.74 Å². The topological polar surface area (TPSA) is 29.5 Å². The van der Waals surface area contributed by atoms with Crippen molar-refractivity contribution in [2.75, 3.05) is 20.7 Å². The lowest BCUT2D eigenvalue weighted by molar-refractivity contribution is -0.138. The highest BCUT2D eigenvalue weighted by Gasteiger charge is 2.31. The van der Waals surface area contributed by atoms with Crippen molar-refractivity contribution in [1.82, 2.24) is 4.90 Å². The maximum absolute atomic E-state index is 12.6. The molecule has 1 atom stereocenters. The highest BCUT2D eigenvalue weighted by molar-refractivity contribution is 5.88. The zero-order valence-corrected chi connectivity index (χ0v) is 11.8. The molecule has 114 valence electrons. The number of ether oxygens (including phenoxy) is 1. The molecule has 0 radical (unpaired) electrons. The van der Waals surface area contributed by atoms with Crippen LogP contribution in [0.25, 0.3) is 0 Å². The summed E-state index contributed by atoms with van der Waals surface area (Å²) in [4.78, 5) is 13.6. The number of methoxy groups -OCH3 is 1. The summed E-state index contributed by atoms with van der Waals surface area (Å²) >= 11 is 0. The number of nitrogens with zero attached hydrogens (tertiary/aromatic N) is 1. The predicted molar refractivity (Wildman–Crippen MR) is 71.5 cm³/mol. The van der Waals surface area contributed by atoms with Crippen LogP contribution >= 0.6 is 0 Å². The van der Waals surface area contributed by atoms with Crippen LogP contribution in [-0.2, 0) is 15.7 Å². The fourth-order valence-electron chi connectivity index (χ4n) is 2.36. The van der Waals surface area contributed by atoms with Crippen LogP contribution in [0.5, 0.6) is 0 Å². The molecule has 0 saturated carbocycles. The van der Waals surface area contributed by atoms with Crippen LogP contribution < -0.4 is 0 Å². The standard InChI is InChI=1S/C15H16F3NO2/c1-19-8-7-11(14(20)21-2)9-13(19)10-3-5-12(6-4-10)15(16,17)18/h3-6,9,13H,7-8H2,1-2H3. The average Bonchev–Trinajstić information content (AvgIpc) is 2.46. The molecular formula is C15H16F3NO2. The van der Waals surface area contributed by atoms with E-state index < -0.39 is 11.7 Å². The summed E-state index contributed by atoms with van der Waals surface area (Å²) < 4.78 is 42.4. The Balaban J connectivity index is 2.29. The molecule has 21 heavy (non-hydrogen) atoms. The van der Waals surface area contributed by atoms with Crippen LogP contribution in [-0.4, -0.2) is 31.6 Å². The summed E-state index contributed by atoms with van der Waals surface area (Å²) in [5, 5.41) is 0. The Morgan fingerprint density at radius 2 is 1.90 bits per heavy atom. The van der Waals surface area contributed by atoms with Crippen LogP contribution in [0.1, 0.15) is 23.6 Å². The maximum atomic E-state index is 12.6. The monoisotopic (exact) mass is 299 g/mol. The predicted octanol–water partition coefficient (Wildman–Crippen LogP) is 3.18. The van der Waals surface area contributed by atoms with Gasteiger partial charge in [-0.1, -0.05) is 18.2 Å². The van der Waals surface area contributed by atoms with Crippen molar-refractivity contribution in [3.8, 4) is 0 Å². The second-order valence-corrected chi connectivity index (χ2v) is 4.98. The van der Waals surface area contributed by atoms with Crippen molar-refractivity contribution < 1.29 is 22.7 Å². The Kier molecular flexibility index (Phi) is 4.37. The number of alkyl halides is 3. The normalized spacial score (nSPS) is 20.0. The van der Waals surface area contributed by atoms with Gasteiger partial charge in [0.05, 0.1) is 18.7 Å². The summed E-state index contributed by atoms with van der Waals surface area (Å²) in [6, 6.07) is 4.78. The number of esters is 1. The fourth-order valence-corrected chi connectivity index (χ4v) is 2.36. The van der Waals surface area contributed by atoms with Gasteiger partial charge in [-0.05, 0) is 31.2 Å². The van der Waals surface area contributed by atoms with Gasteiger partial charge in [0.2, 0.25) is 0 Å². The van der Waals surface area contributed by atoms with Gasteiger partial charge in [0, 0.05) is 12.1 Å². The first-order valence-electron chi connectivity index (χ1n) is 6.49. The van der Waals surface area contributed by atoms with Crippen molar-refractivity contribution in [2.45, 2.75) is 18.6 Å². The fraction of sp³-hybridized carbons (Fsp3) is 0.400. The number of hydrogen-bond acceptors (Lipinski definition) is 3. The first-order chi connectivity index (χ1) is 9.82. The number of benzene rings is 1. The summed E-state index contributed by atoms with van der Waals surface area (Å²) in [6.07, 6.45) is -2.03. The second-order valence-electron chi connectivity index (χ2n) is 4.98. The summed E-state index contributed by atoms with van der Waals surface area (Å²) in [5.41, 5.74) is 0.592. The molecule has 0 fully saturated rings. The molecule has 0 aliphatic carbocycles. The van der Waals surface area contributed by atoms with Gasteiger partial charge >= 0.3 is 12.1 Å². The van der Waals surface area contributed by atoms with Gasteiger partial charge in [-0.3, -0.25) is 4.90 Å². The quantitative estimate of drug-likeness (QED) is 0.786. The van der Waals surface area contributed by atoms with Gasteiger partial charge in [-0.2, -0.15) is 13.2 Å². The Hall–Kier alpha value is -1.82. The number of rotatable bonds is 2. The SMILES string of the molecule is COC(=O)C1=CC(c2ccc(C(F)(F)F)cc2)N(C)CC1.